The van der Waals surface area contributed by atoms with Crippen molar-refractivity contribution in [2.45, 2.75) is 6.61 Å². The minimum Gasteiger partial charge on any atom is -0.497 e. The molecule has 148 valence electrons. The third-order valence-electron chi connectivity index (χ3n) is 3.99. The molecule has 7 heteroatoms. The predicted octanol–water partition coefficient (Wildman–Crippen LogP) is 5.34. The fourth-order valence-corrected chi connectivity index (χ4v) is 3.09. The van der Waals surface area contributed by atoms with Crippen LogP contribution < -0.4 is 14.9 Å². The van der Waals surface area contributed by atoms with Crippen LogP contribution in [0.5, 0.6) is 11.5 Å². The highest BCUT2D eigenvalue weighted by atomic mass is 35.5. The van der Waals surface area contributed by atoms with Gasteiger partial charge in [0, 0.05) is 16.1 Å². The van der Waals surface area contributed by atoms with Crippen LogP contribution in [0.15, 0.2) is 71.8 Å². The highest BCUT2D eigenvalue weighted by molar-refractivity contribution is 6.36. The predicted molar refractivity (Wildman–Crippen MR) is 115 cm³/mol. The fraction of sp³-hybridized carbons (Fsp3) is 0.0909. The molecule has 0 saturated carbocycles. The Labute approximate surface area is 178 Å². The second-order valence-electron chi connectivity index (χ2n) is 6.01. The SMILES string of the molecule is COc1ccc(C(=O)N/N=C\c2cc(Cl)cc(Cl)c2OCc2ccccc2)cc1. The van der Waals surface area contributed by atoms with Gasteiger partial charge in [-0.25, -0.2) is 5.43 Å². The van der Waals surface area contributed by atoms with Crippen molar-refractivity contribution < 1.29 is 14.3 Å². The molecule has 0 radical (unpaired) electrons. The number of rotatable bonds is 7. The number of carbonyl (C=O) groups excluding carboxylic acids is 1. The number of nitrogens with zero attached hydrogens (tertiary/aromatic N) is 1. The van der Waals surface area contributed by atoms with Crippen molar-refractivity contribution in [3.8, 4) is 11.5 Å². The van der Waals surface area contributed by atoms with Gasteiger partial charge < -0.3 is 9.47 Å². The number of hydrazone groups is 1. The van der Waals surface area contributed by atoms with Gasteiger partial charge in [0.15, 0.2) is 0 Å². The molecule has 1 N–H and O–H groups in total. The van der Waals surface area contributed by atoms with Crippen LogP contribution in [0.3, 0.4) is 0 Å². The monoisotopic (exact) mass is 428 g/mol. The highest BCUT2D eigenvalue weighted by Gasteiger charge is 2.11. The summed E-state index contributed by atoms with van der Waals surface area (Å²) in [4.78, 5) is 12.2. The zero-order valence-corrected chi connectivity index (χ0v) is 17.1. The number of ether oxygens (including phenoxy) is 2. The second kappa shape index (κ2) is 9.96. The van der Waals surface area contributed by atoms with Crippen molar-refractivity contribution >= 4 is 35.3 Å². The summed E-state index contributed by atoms with van der Waals surface area (Å²) in [6.07, 6.45) is 1.44. The van der Waals surface area contributed by atoms with Gasteiger partial charge in [-0.2, -0.15) is 5.10 Å². The highest BCUT2D eigenvalue weighted by Crippen LogP contribution is 2.32. The van der Waals surface area contributed by atoms with E-state index in [2.05, 4.69) is 10.5 Å². The molecular weight excluding hydrogens is 411 g/mol. The zero-order chi connectivity index (χ0) is 20.6. The summed E-state index contributed by atoms with van der Waals surface area (Å²) in [7, 11) is 1.56. The summed E-state index contributed by atoms with van der Waals surface area (Å²) in [5.74, 6) is 0.741. The number of carbonyl (C=O) groups is 1. The summed E-state index contributed by atoms with van der Waals surface area (Å²) >= 11 is 12.4. The minimum absolute atomic E-state index is 0.335. The lowest BCUT2D eigenvalue weighted by molar-refractivity contribution is 0.0955. The first kappa shape index (κ1) is 20.7. The van der Waals surface area contributed by atoms with E-state index >= 15 is 0 Å². The first-order valence-corrected chi connectivity index (χ1v) is 9.45. The van der Waals surface area contributed by atoms with Crippen LogP contribution in [0, 0.1) is 0 Å². The minimum atomic E-state index is -0.358. The van der Waals surface area contributed by atoms with Crippen LogP contribution >= 0.6 is 23.2 Å². The Balaban J connectivity index is 1.72. The van der Waals surface area contributed by atoms with Crippen LogP contribution in [0.4, 0.5) is 0 Å². The maximum atomic E-state index is 12.2. The molecule has 3 rings (SSSR count). The quantitative estimate of drug-likeness (QED) is 0.407. The molecule has 0 spiro atoms. The van der Waals surface area contributed by atoms with Gasteiger partial charge in [0.1, 0.15) is 18.1 Å². The molecular formula is C22H18Cl2N2O3. The second-order valence-corrected chi connectivity index (χ2v) is 6.85. The normalized spacial score (nSPS) is 10.7. The van der Waals surface area contributed by atoms with Crippen LogP contribution in [0.1, 0.15) is 21.5 Å². The molecule has 0 unspecified atom stereocenters. The van der Waals surface area contributed by atoms with E-state index in [1.54, 1.807) is 43.5 Å². The lowest BCUT2D eigenvalue weighted by Gasteiger charge is -2.12. The zero-order valence-electron chi connectivity index (χ0n) is 15.6. The van der Waals surface area contributed by atoms with E-state index in [1.165, 1.54) is 6.21 Å². The average molecular weight is 429 g/mol. The van der Waals surface area contributed by atoms with Crippen molar-refractivity contribution in [1.29, 1.82) is 0 Å². The van der Waals surface area contributed by atoms with Crippen molar-refractivity contribution in [1.82, 2.24) is 5.43 Å². The average Bonchev–Trinajstić information content (AvgIpc) is 2.73. The fourth-order valence-electron chi connectivity index (χ4n) is 2.53. The standard InChI is InChI=1S/C22H18Cl2N2O3/c1-28-19-9-7-16(8-10-19)22(27)26-25-13-17-11-18(23)12-20(24)21(17)29-14-15-5-3-2-4-6-15/h2-13H,14H2,1H3,(H,26,27)/b25-13-. The number of hydrogen-bond acceptors (Lipinski definition) is 4. The number of benzene rings is 3. The molecule has 0 heterocycles. The van der Waals surface area contributed by atoms with Gasteiger partial charge in [0.25, 0.3) is 5.91 Å². The molecule has 0 aliphatic rings. The number of hydrogen-bond donors (Lipinski definition) is 1. The van der Waals surface area contributed by atoms with Crippen LogP contribution in [0.2, 0.25) is 10.0 Å². The maximum absolute atomic E-state index is 12.2. The molecule has 1 amide bonds. The van der Waals surface area contributed by atoms with E-state index < -0.39 is 0 Å². The summed E-state index contributed by atoms with van der Waals surface area (Å²) in [5, 5.41) is 4.80. The van der Waals surface area contributed by atoms with E-state index in [0.717, 1.165) is 5.56 Å². The molecule has 0 aromatic heterocycles. The number of amides is 1. The van der Waals surface area contributed by atoms with Gasteiger partial charge in [-0.3, -0.25) is 4.79 Å². The molecule has 0 saturated heterocycles. The lowest BCUT2D eigenvalue weighted by Crippen LogP contribution is -2.17. The van der Waals surface area contributed by atoms with Crippen molar-refractivity contribution in [3.05, 3.63) is 93.5 Å². The maximum Gasteiger partial charge on any atom is 0.271 e. The number of halogens is 2. The van der Waals surface area contributed by atoms with E-state index in [1.807, 2.05) is 30.3 Å². The molecule has 0 atom stereocenters. The van der Waals surface area contributed by atoms with Gasteiger partial charge in [-0.05, 0) is 42.0 Å². The molecule has 3 aromatic carbocycles. The van der Waals surface area contributed by atoms with Crippen LogP contribution in [-0.2, 0) is 6.61 Å². The first-order valence-electron chi connectivity index (χ1n) is 8.70. The topological polar surface area (TPSA) is 59.9 Å². The van der Waals surface area contributed by atoms with Crippen LogP contribution in [0.25, 0.3) is 0 Å². The molecule has 5 nitrogen and oxygen atoms in total. The van der Waals surface area contributed by atoms with E-state index in [-0.39, 0.29) is 5.91 Å². The van der Waals surface area contributed by atoms with Crippen LogP contribution in [-0.4, -0.2) is 19.2 Å². The van der Waals surface area contributed by atoms with E-state index in [0.29, 0.717) is 39.3 Å². The Morgan fingerprint density at radius 2 is 1.79 bits per heavy atom. The molecule has 0 aliphatic heterocycles. The molecule has 0 fully saturated rings. The summed E-state index contributed by atoms with van der Waals surface area (Å²) in [5.41, 5.74) is 4.47. The Hall–Kier alpha value is -3.02. The van der Waals surface area contributed by atoms with Gasteiger partial charge in [0.05, 0.1) is 18.3 Å². The largest absolute Gasteiger partial charge is 0.497 e. The Bertz CT molecular complexity index is 1010. The Morgan fingerprint density at radius 1 is 1.07 bits per heavy atom. The van der Waals surface area contributed by atoms with E-state index in [9.17, 15) is 4.79 Å². The lowest BCUT2D eigenvalue weighted by atomic mass is 10.2. The molecule has 29 heavy (non-hydrogen) atoms. The van der Waals surface area contributed by atoms with Crippen molar-refractivity contribution in [2.75, 3.05) is 7.11 Å². The van der Waals surface area contributed by atoms with Gasteiger partial charge in [-0.15, -0.1) is 0 Å². The first-order chi connectivity index (χ1) is 14.1. The smallest absolute Gasteiger partial charge is 0.271 e. The number of methoxy groups -OCH3 is 1. The van der Waals surface area contributed by atoms with E-state index in [4.69, 9.17) is 32.7 Å². The molecule has 0 aliphatic carbocycles. The summed E-state index contributed by atoms with van der Waals surface area (Å²) in [6, 6.07) is 19.6. The van der Waals surface area contributed by atoms with Gasteiger partial charge in [-0.1, -0.05) is 53.5 Å². The Morgan fingerprint density at radius 3 is 2.48 bits per heavy atom. The van der Waals surface area contributed by atoms with Crippen molar-refractivity contribution in [3.63, 3.8) is 0 Å². The summed E-state index contributed by atoms with van der Waals surface area (Å²) in [6.45, 7) is 0.335. The third kappa shape index (κ3) is 5.73. The number of nitrogens with one attached hydrogen (secondary N) is 1. The third-order valence-corrected chi connectivity index (χ3v) is 4.48. The van der Waals surface area contributed by atoms with Gasteiger partial charge >= 0.3 is 0 Å². The molecule has 3 aromatic rings. The molecule has 0 bridgehead atoms. The Kier molecular flexibility index (Phi) is 7.11. The van der Waals surface area contributed by atoms with Crippen molar-refractivity contribution in [2.24, 2.45) is 5.10 Å². The summed E-state index contributed by atoms with van der Waals surface area (Å²) < 4.78 is 10.9. The van der Waals surface area contributed by atoms with Gasteiger partial charge in [0.2, 0.25) is 0 Å².